The summed E-state index contributed by atoms with van der Waals surface area (Å²) in [4.78, 5) is 56.8. The number of carbonyl (C=O) groups is 3. The number of nitrogens with one attached hydrogen (secondary N) is 2. The number of benzene rings is 2. The van der Waals surface area contributed by atoms with Gasteiger partial charge in [-0.25, -0.2) is 9.78 Å². The van der Waals surface area contributed by atoms with Gasteiger partial charge in [-0.1, -0.05) is 18.2 Å². The predicted octanol–water partition coefficient (Wildman–Crippen LogP) is 6.25. The number of imidazole rings is 1. The minimum Gasteiger partial charge on any atom is -0.320 e. The molecule has 5 heterocycles. The largest absolute Gasteiger partial charge is 0.433 e. The molecule has 1 saturated carbocycles. The molecule has 0 spiro atoms. The summed E-state index contributed by atoms with van der Waals surface area (Å²) in [6.45, 7) is 4.80. The molecule has 3 amide bonds. The first kappa shape index (κ1) is 36.7. The van der Waals surface area contributed by atoms with Crippen molar-refractivity contribution in [3.05, 3.63) is 87.7 Å². The van der Waals surface area contributed by atoms with Gasteiger partial charge in [-0.05, 0) is 118 Å². The summed E-state index contributed by atoms with van der Waals surface area (Å²) in [5, 5.41) is 10.8. The van der Waals surface area contributed by atoms with Gasteiger partial charge in [-0.2, -0.15) is 18.3 Å². The van der Waals surface area contributed by atoms with Crippen molar-refractivity contribution in [1.29, 1.82) is 0 Å². The maximum Gasteiger partial charge on any atom is 0.433 e. The molecule has 288 valence electrons. The summed E-state index contributed by atoms with van der Waals surface area (Å²) in [5.41, 5.74) is 3.10. The van der Waals surface area contributed by atoms with Crippen LogP contribution >= 0.6 is 0 Å². The lowest BCUT2D eigenvalue weighted by molar-refractivity contribution is -0.141. The number of aromatic nitrogens is 5. The standard InChI is InChI=1S/C40H43F3N8O4/c1-23-19-31-26(20-30(23)45-37(53)29-6-4-8-34(44-29)40(41,42)43)22-50(47-31)27-11-9-24(10-12-27)21-49-17-15-25(16-18-49)28-5-3-7-32-36(28)48(2)39(55)51(32)33-13-14-35(52)46-38(33)54/h3-8,19-20,22,24-25,27,33H,9-18,21H2,1-2H3,(H,45,53)(H,46,52,54)/t24-,27-,33-/m1/s1. The van der Waals surface area contributed by atoms with Gasteiger partial charge in [0.2, 0.25) is 11.8 Å². The number of aryl methyl sites for hydroxylation is 2. The maximum absolute atomic E-state index is 13.4. The van der Waals surface area contributed by atoms with Crippen LogP contribution in [0.4, 0.5) is 18.9 Å². The first-order chi connectivity index (χ1) is 26.3. The van der Waals surface area contributed by atoms with E-state index < -0.39 is 29.7 Å². The molecule has 3 aromatic heterocycles. The van der Waals surface area contributed by atoms with Crippen LogP contribution in [0.25, 0.3) is 21.9 Å². The minimum absolute atomic E-state index is 0.208. The zero-order chi connectivity index (χ0) is 38.6. The van der Waals surface area contributed by atoms with Crippen molar-refractivity contribution in [3.63, 3.8) is 0 Å². The zero-order valence-corrected chi connectivity index (χ0v) is 30.7. The number of imide groups is 1. The van der Waals surface area contributed by atoms with Gasteiger partial charge in [0.25, 0.3) is 5.91 Å². The predicted molar refractivity (Wildman–Crippen MR) is 200 cm³/mol. The fraction of sp³-hybridized carbons (Fsp3) is 0.450. The molecule has 2 N–H and O–H groups in total. The molecule has 2 saturated heterocycles. The fourth-order valence-corrected chi connectivity index (χ4v) is 8.83. The SMILES string of the molecule is Cc1cc2nn([C@H]3CC[C@H](CN4CCC(c5cccc6c5n(C)c(=O)n6[C@@H]5CCC(=O)NC5=O)CC4)CC3)cc2cc1NC(=O)c1cccc(C(F)(F)F)n1. The van der Waals surface area contributed by atoms with Crippen molar-refractivity contribution >= 4 is 45.3 Å². The molecule has 0 unspecified atom stereocenters. The molecular formula is C40H43F3N8O4. The van der Waals surface area contributed by atoms with Crippen LogP contribution in [0, 0.1) is 12.8 Å². The number of piperidine rings is 2. The maximum atomic E-state index is 13.4. The summed E-state index contributed by atoms with van der Waals surface area (Å²) >= 11 is 0. The second kappa shape index (κ2) is 14.4. The van der Waals surface area contributed by atoms with Gasteiger partial charge < -0.3 is 10.2 Å². The number of hydrogen-bond acceptors (Lipinski definition) is 7. The van der Waals surface area contributed by atoms with E-state index in [1.54, 1.807) is 16.2 Å². The van der Waals surface area contributed by atoms with Crippen molar-refractivity contribution in [2.24, 2.45) is 13.0 Å². The van der Waals surface area contributed by atoms with Crippen LogP contribution in [0.1, 0.15) is 96.7 Å². The van der Waals surface area contributed by atoms with Crippen molar-refractivity contribution in [3.8, 4) is 0 Å². The minimum atomic E-state index is -4.64. The Labute approximate surface area is 314 Å². The molecule has 3 aliphatic rings. The lowest BCUT2D eigenvalue weighted by atomic mass is 9.84. The number of nitrogens with zero attached hydrogens (tertiary/aromatic N) is 6. The molecule has 12 nitrogen and oxygen atoms in total. The number of rotatable bonds is 7. The Morgan fingerprint density at radius 2 is 1.71 bits per heavy atom. The lowest BCUT2D eigenvalue weighted by Crippen LogP contribution is -2.44. The molecule has 2 aromatic carbocycles. The number of likely N-dealkylation sites (tertiary alicyclic amines) is 1. The highest BCUT2D eigenvalue weighted by Crippen LogP contribution is 2.37. The van der Waals surface area contributed by atoms with E-state index in [9.17, 15) is 32.3 Å². The van der Waals surface area contributed by atoms with Crippen LogP contribution in [0.3, 0.4) is 0 Å². The smallest absolute Gasteiger partial charge is 0.320 e. The normalized spacial score (nSPS) is 21.7. The summed E-state index contributed by atoms with van der Waals surface area (Å²) in [6, 6.07) is 12.5. The number of pyridine rings is 1. The van der Waals surface area contributed by atoms with Gasteiger partial charge in [0.1, 0.15) is 17.4 Å². The second-order valence-electron chi connectivity index (χ2n) is 15.3. The number of hydrogen-bond donors (Lipinski definition) is 2. The van der Waals surface area contributed by atoms with Gasteiger partial charge in [-0.15, -0.1) is 0 Å². The van der Waals surface area contributed by atoms with Gasteiger partial charge in [0.05, 0.1) is 22.6 Å². The van der Waals surface area contributed by atoms with E-state index in [0.29, 0.717) is 23.9 Å². The van der Waals surface area contributed by atoms with Crippen molar-refractivity contribution in [2.45, 2.75) is 82.5 Å². The Morgan fingerprint density at radius 3 is 2.44 bits per heavy atom. The summed E-state index contributed by atoms with van der Waals surface area (Å²) < 4.78 is 44.6. The van der Waals surface area contributed by atoms with E-state index in [1.165, 1.54) is 12.1 Å². The average molecular weight is 757 g/mol. The Hall–Kier alpha value is -5.31. The van der Waals surface area contributed by atoms with Crippen LogP contribution in [-0.2, 0) is 22.8 Å². The Bertz CT molecular complexity index is 2360. The first-order valence-electron chi connectivity index (χ1n) is 18.9. The van der Waals surface area contributed by atoms with Crippen molar-refractivity contribution in [1.82, 2.24) is 34.1 Å². The molecule has 8 rings (SSSR count). The summed E-state index contributed by atoms with van der Waals surface area (Å²) in [7, 11) is 1.76. The molecule has 15 heteroatoms. The van der Waals surface area contributed by atoms with E-state index in [-0.39, 0.29) is 29.8 Å². The average Bonchev–Trinajstić information content (AvgIpc) is 3.69. The molecule has 0 bridgehead atoms. The Kier molecular flexibility index (Phi) is 9.60. The molecule has 3 fully saturated rings. The van der Waals surface area contributed by atoms with Gasteiger partial charge in [0.15, 0.2) is 0 Å². The number of amides is 3. The first-order valence-corrected chi connectivity index (χ1v) is 18.9. The van der Waals surface area contributed by atoms with Crippen LogP contribution < -0.4 is 16.3 Å². The van der Waals surface area contributed by atoms with Crippen LogP contribution in [-0.4, -0.2) is 66.2 Å². The zero-order valence-electron chi connectivity index (χ0n) is 30.7. The highest BCUT2D eigenvalue weighted by Gasteiger charge is 2.34. The third-order valence-electron chi connectivity index (χ3n) is 11.8. The Morgan fingerprint density at radius 1 is 0.964 bits per heavy atom. The topological polar surface area (TPSA) is 136 Å². The quantitative estimate of drug-likeness (QED) is 0.188. The highest BCUT2D eigenvalue weighted by atomic mass is 19.4. The number of halogens is 3. The summed E-state index contributed by atoms with van der Waals surface area (Å²) in [5.74, 6) is -0.572. The molecule has 2 aliphatic heterocycles. The third-order valence-corrected chi connectivity index (χ3v) is 11.8. The molecule has 5 aromatic rings. The van der Waals surface area contributed by atoms with Crippen LogP contribution in [0.5, 0.6) is 0 Å². The highest BCUT2D eigenvalue weighted by molar-refractivity contribution is 6.04. The van der Waals surface area contributed by atoms with Gasteiger partial charge in [0, 0.05) is 37.3 Å². The molecule has 55 heavy (non-hydrogen) atoms. The molecule has 1 atom stereocenters. The van der Waals surface area contributed by atoms with Gasteiger partial charge >= 0.3 is 11.9 Å². The number of fused-ring (bicyclic) bond motifs is 2. The van der Waals surface area contributed by atoms with E-state index >= 15 is 0 Å². The van der Waals surface area contributed by atoms with Crippen LogP contribution in [0.2, 0.25) is 0 Å². The number of alkyl halides is 3. The van der Waals surface area contributed by atoms with E-state index in [2.05, 4.69) is 26.6 Å². The van der Waals surface area contributed by atoms with Gasteiger partial charge in [-0.3, -0.25) is 33.5 Å². The number of carbonyl (C=O) groups excluding carboxylic acids is 3. The lowest BCUT2D eigenvalue weighted by Gasteiger charge is -2.37. The molecule has 0 radical (unpaired) electrons. The molecular weight excluding hydrogens is 713 g/mol. The van der Waals surface area contributed by atoms with E-state index in [0.717, 1.165) is 97.3 Å². The monoisotopic (exact) mass is 756 g/mol. The van der Waals surface area contributed by atoms with Crippen molar-refractivity contribution in [2.75, 3.05) is 25.0 Å². The van der Waals surface area contributed by atoms with E-state index in [1.807, 2.05) is 42.1 Å². The molecule has 1 aliphatic carbocycles. The van der Waals surface area contributed by atoms with E-state index in [4.69, 9.17) is 5.10 Å². The fourth-order valence-electron chi connectivity index (χ4n) is 8.83. The summed E-state index contributed by atoms with van der Waals surface area (Å²) in [6.07, 6.45) is 3.98. The number of para-hydroxylation sites is 1. The van der Waals surface area contributed by atoms with Crippen LogP contribution in [0.15, 0.2) is 59.5 Å². The Balaban J connectivity index is 0.868. The second-order valence-corrected chi connectivity index (χ2v) is 15.3. The third kappa shape index (κ3) is 7.17. The van der Waals surface area contributed by atoms with Crippen molar-refractivity contribution < 1.29 is 27.6 Å². The number of anilines is 1.